The molecule has 0 unspecified atom stereocenters. The number of aryl methyl sites for hydroxylation is 2. The van der Waals surface area contributed by atoms with Crippen LogP contribution in [0.3, 0.4) is 0 Å². The molecule has 0 saturated heterocycles. The molecule has 0 atom stereocenters. The number of nitrogens with two attached hydrogens (primary N) is 1. The third-order valence-corrected chi connectivity index (χ3v) is 3.25. The van der Waals surface area contributed by atoms with Crippen LogP contribution in [0.15, 0.2) is 24.5 Å². The fourth-order valence-corrected chi connectivity index (χ4v) is 2.40. The van der Waals surface area contributed by atoms with E-state index < -0.39 is 0 Å². The van der Waals surface area contributed by atoms with Crippen LogP contribution in [0.2, 0.25) is 0 Å². The lowest BCUT2D eigenvalue weighted by atomic mass is 10.2. The Morgan fingerprint density at radius 2 is 2.24 bits per heavy atom. The van der Waals surface area contributed by atoms with E-state index in [9.17, 15) is 0 Å². The van der Waals surface area contributed by atoms with Crippen molar-refractivity contribution in [1.82, 2.24) is 14.5 Å². The van der Waals surface area contributed by atoms with Gasteiger partial charge in [-0.1, -0.05) is 6.07 Å². The van der Waals surface area contributed by atoms with E-state index in [1.807, 2.05) is 10.8 Å². The third kappa shape index (κ3) is 1.85. The standard InChI is InChI=1S/C13H16N4/c14-7-6-12-15-8-9-17(12)13-5-4-10-2-1-3-11(10)16-13/h4-5,8-9H,1-3,6-7,14H2. The van der Waals surface area contributed by atoms with E-state index in [1.165, 1.54) is 24.1 Å². The molecule has 0 radical (unpaired) electrons. The molecule has 2 aromatic heterocycles. The summed E-state index contributed by atoms with van der Waals surface area (Å²) in [4.78, 5) is 9.04. The van der Waals surface area contributed by atoms with Gasteiger partial charge in [-0.15, -0.1) is 0 Å². The summed E-state index contributed by atoms with van der Waals surface area (Å²) in [7, 11) is 0. The van der Waals surface area contributed by atoms with E-state index in [0.717, 1.165) is 24.5 Å². The maximum absolute atomic E-state index is 5.58. The van der Waals surface area contributed by atoms with Crippen LogP contribution in [-0.2, 0) is 19.3 Å². The second-order valence-corrected chi connectivity index (χ2v) is 4.38. The highest BCUT2D eigenvalue weighted by Crippen LogP contribution is 2.21. The zero-order valence-corrected chi connectivity index (χ0v) is 9.76. The molecular formula is C13H16N4. The zero-order chi connectivity index (χ0) is 11.7. The molecule has 0 bridgehead atoms. The largest absolute Gasteiger partial charge is 0.330 e. The van der Waals surface area contributed by atoms with Crippen molar-refractivity contribution in [3.63, 3.8) is 0 Å². The van der Waals surface area contributed by atoms with Crippen molar-refractivity contribution in [1.29, 1.82) is 0 Å². The molecule has 3 rings (SSSR count). The molecule has 4 nitrogen and oxygen atoms in total. The predicted molar refractivity (Wildman–Crippen MR) is 66.1 cm³/mol. The van der Waals surface area contributed by atoms with E-state index in [1.54, 1.807) is 6.20 Å². The fraction of sp³-hybridized carbons (Fsp3) is 0.385. The first-order valence-corrected chi connectivity index (χ1v) is 6.10. The second-order valence-electron chi connectivity index (χ2n) is 4.38. The SMILES string of the molecule is NCCc1nccn1-c1ccc2c(n1)CCC2. The molecule has 2 heterocycles. The Labute approximate surface area is 101 Å². The minimum absolute atomic E-state index is 0.613. The Bertz CT molecular complexity index is 530. The molecule has 4 heteroatoms. The molecular weight excluding hydrogens is 212 g/mol. The summed E-state index contributed by atoms with van der Waals surface area (Å²) < 4.78 is 2.03. The van der Waals surface area contributed by atoms with Crippen molar-refractivity contribution in [2.75, 3.05) is 6.54 Å². The van der Waals surface area contributed by atoms with Crippen LogP contribution in [0.5, 0.6) is 0 Å². The van der Waals surface area contributed by atoms with Crippen molar-refractivity contribution in [2.45, 2.75) is 25.7 Å². The van der Waals surface area contributed by atoms with Gasteiger partial charge in [0, 0.05) is 24.5 Å². The van der Waals surface area contributed by atoms with Crippen molar-refractivity contribution in [2.24, 2.45) is 5.73 Å². The number of rotatable bonds is 3. The minimum atomic E-state index is 0.613. The highest BCUT2D eigenvalue weighted by atomic mass is 15.1. The van der Waals surface area contributed by atoms with Crippen molar-refractivity contribution in [3.05, 3.63) is 41.6 Å². The van der Waals surface area contributed by atoms with Crippen LogP contribution < -0.4 is 5.73 Å². The normalized spacial score (nSPS) is 13.9. The van der Waals surface area contributed by atoms with Gasteiger partial charge < -0.3 is 5.73 Å². The number of hydrogen-bond acceptors (Lipinski definition) is 3. The van der Waals surface area contributed by atoms with Gasteiger partial charge in [-0.25, -0.2) is 9.97 Å². The lowest BCUT2D eigenvalue weighted by Crippen LogP contribution is -2.10. The van der Waals surface area contributed by atoms with Crippen LogP contribution in [-0.4, -0.2) is 21.1 Å². The third-order valence-electron chi connectivity index (χ3n) is 3.25. The van der Waals surface area contributed by atoms with Crippen molar-refractivity contribution >= 4 is 0 Å². The van der Waals surface area contributed by atoms with Gasteiger partial charge in [-0.3, -0.25) is 4.57 Å². The van der Waals surface area contributed by atoms with Gasteiger partial charge >= 0.3 is 0 Å². The summed E-state index contributed by atoms with van der Waals surface area (Å²) in [5.74, 6) is 1.95. The summed E-state index contributed by atoms with van der Waals surface area (Å²) in [5, 5.41) is 0. The number of pyridine rings is 1. The first-order chi connectivity index (χ1) is 8.38. The number of aromatic nitrogens is 3. The fourth-order valence-electron chi connectivity index (χ4n) is 2.40. The van der Waals surface area contributed by atoms with E-state index in [0.29, 0.717) is 6.54 Å². The monoisotopic (exact) mass is 228 g/mol. The summed E-state index contributed by atoms with van der Waals surface area (Å²) in [6, 6.07) is 4.27. The van der Waals surface area contributed by atoms with E-state index in [4.69, 9.17) is 10.7 Å². The molecule has 2 aromatic rings. The Balaban J connectivity index is 2.00. The summed E-state index contributed by atoms with van der Waals surface area (Å²) in [6.07, 6.45) is 8.04. The Kier molecular flexibility index (Phi) is 2.65. The number of hydrogen-bond donors (Lipinski definition) is 1. The smallest absolute Gasteiger partial charge is 0.138 e. The molecule has 1 aliphatic rings. The summed E-state index contributed by atoms with van der Waals surface area (Å²) >= 11 is 0. The molecule has 0 saturated carbocycles. The number of nitrogens with zero attached hydrogens (tertiary/aromatic N) is 3. The van der Waals surface area contributed by atoms with Crippen LogP contribution in [0.1, 0.15) is 23.5 Å². The maximum Gasteiger partial charge on any atom is 0.138 e. The molecule has 1 aliphatic carbocycles. The molecule has 0 amide bonds. The van der Waals surface area contributed by atoms with Crippen LogP contribution >= 0.6 is 0 Å². The molecule has 0 fully saturated rings. The van der Waals surface area contributed by atoms with E-state index in [-0.39, 0.29) is 0 Å². The molecule has 88 valence electrons. The zero-order valence-electron chi connectivity index (χ0n) is 9.76. The molecule has 2 N–H and O–H groups in total. The average molecular weight is 228 g/mol. The van der Waals surface area contributed by atoms with Crippen LogP contribution in [0.25, 0.3) is 5.82 Å². The van der Waals surface area contributed by atoms with Crippen LogP contribution in [0.4, 0.5) is 0 Å². The topological polar surface area (TPSA) is 56.7 Å². The first-order valence-electron chi connectivity index (χ1n) is 6.10. The Morgan fingerprint density at radius 1 is 1.29 bits per heavy atom. The van der Waals surface area contributed by atoms with Gasteiger partial charge in [0.1, 0.15) is 11.6 Å². The first kappa shape index (κ1) is 10.5. The predicted octanol–water partition coefficient (Wildman–Crippen LogP) is 1.26. The Morgan fingerprint density at radius 3 is 3.12 bits per heavy atom. The maximum atomic E-state index is 5.58. The van der Waals surface area contributed by atoms with E-state index >= 15 is 0 Å². The number of imidazole rings is 1. The minimum Gasteiger partial charge on any atom is -0.330 e. The van der Waals surface area contributed by atoms with Gasteiger partial charge in [0.15, 0.2) is 0 Å². The Hall–Kier alpha value is -1.68. The highest BCUT2D eigenvalue weighted by Gasteiger charge is 2.14. The van der Waals surface area contributed by atoms with Gasteiger partial charge in [0.05, 0.1) is 0 Å². The van der Waals surface area contributed by atoms with Crippen molar-refractivity contribution < 1.29 is 0 Å². The molecule has 0 spiro atoms. The second kappa shape index (κ2) is 4.30. The highest BCUT2D eigenvalue weighted by molar-refractivity contribution is 5.34. The van der Waals surface area contributed by atoms with Gasteiger partial charge in [0.2, 0.25) is 0 Å². The summed E-state index contributed by atoms with van der Waals surface area (Å²) in [6.45, 7) is 0.613. The summed E-state index contributed by atoms with van der Waals surface area (Å²) in [5.41, 5.74) is 8.23. The van der Waals surface area contributed by atoms with Crippen LogP contribution in [0, 0.1) is 0 Å². The molecule has 0 aliphatic heterocycles. The number of fused-ring (bicyclic) bond motifs is 1. The quantitative estimate of drug-likeness (QED) is 0.860. The van der Waals surface area contributed by atoms with E-state index in [2.05, 4.69) is 17.1 Å². The lowest BCUT2D eigenvalue weighted by Gasteiger charge is -2.08. The van der Waals surface area contributed by atoms with Gasteiger partial charge in [-0.05, 0) is 37.4 Å². The van der Waals surface area contributed by atoms with Crippen molar-refractivity contribution in [3.8, 4) is 5.82 Å². The van der Waals surface area contributed by atoms with Gasteiger partial charge in [0.25, 0.3) is 0 Å². The molecule has 0 aromatic carbocycles. The average Bonchev–Trinajstić information content (AvgIpc) is 2.96. The van der Waals surface area contributed by atoms with Gasteiger partial charge in [-0.2, -0.15) is 0 Å². The molecule has 17 heavy (non-hydrogen) atoms. The lowest BCUT2D eigenvalue weighted by molar-refractivity contribution is 0.816.